The molecule has 4 fully saturated rings. The molecule has 8 atom stereocenters. The van der Waals surface area contributed by atoms with E-state index in [-0.39, 0.29) is 55.4 Å². The molecule has 2 aromatic heterocycles. The number of hydrogen-bond acceptors (Lipinski definition) is 12. The lowest BCUT2D eigenvalue weighted by molar-refractivity contribution is 0.0522. The quantitative estimate of drug-likeness (QED) is 0.0441. The second-order valence-corrected chi connectivity index (χ2v) is 20.4. The Morgan fingerprint density at radius 2 is 1.07 bits per heavy atom. The van der Waals surface area contributed by atoms with Gasteiger partial charge in [0.15, 0.2) is 0 Å². The van der Waals surface area contributed by atoms with E-state index in [4.69, 9.17) is 28.9 Å². The minimum atomic E-state index is -0.193. The van der Waals surface area contributed by atoms with Gasteiger partial charge in [0.05, 0.1) is 36.5 Å². The number of ether oxygens (including phenoxy) is 4. The SMILES string of the molecule is C.C=C(O)[C@@H](c1ccccc1C1C[C@@H]1OC)N1CC[C@@H](OCCCCc2ccc3c(n2)NCCC3)C1.C=C(O)[C@H](c1ccccc1C1C[C@@H]1OC)N1CC[C@@H](OCCCCc2ccc3c(n2)NCCC3)C1. The molecule has 0 amide bonds. The number of hydrogen-bond donors (Lipinski definition) is 4. The maximum atomic E-state index is 10.6. The third-order valence-electron chi connectivity index (χ3n) is 15.4. The van der Waals surface area contributed by atoms with Crippen LogP contribution in [0.4, 0.5) is 11.6 Å². The van der Waals surface area contributed by atoms with Gasteiger partial charge in [-0.3, -0.25) is 9.80 Å². The number of likely N-dealkylation sites (tertiary alicyclic amines) is 2. The summed E-state index contributed by atoms with van der Waals surface area (Å²) in [6.45, 7) is 14.9. The van der Waals surface area contributed by atoms with E-state index in [0.29, 0.717) is 11.8 Å². The van der Waals surface area contributed by atoms with E-state index in [0.717, 1.165) is 152 Å². The summed E-state index contributed by atoms with van der Waals surface area (Å²) < 4.78 is 23.6. The number of aliphatic hydroxyl groups excluding tert-OH is 2. The molecule has 12 nitrogen and oxygen atoms in total. The van der Waals surface area contributed by atoms with Crippen molar-refractivity contribution in [3.05, 3.63) is 142 Å². The lowest BCUT2D eigenvalue weighted by Gasteiger charge is -2.29. The van der Waals surface area contributed by atoms with Crippen LogP contribution in [0, 0.1) is 0 Å². The first-order valence-corrected chi connectivity index (χ1v) is 26.4. The molecule has 2 aromatic carbocycles. The monoisotopic (exact) mass is 971 g/mol. The van der Waals surface area contributed by atoms with Gasteiger partial charge in [0.1, 0.15) is 23.2 Å². The second kappa shape index (κ2) is 25.2. The molecule has 2 unspecified atom stereocenters. The Balaban J connectivity index is 0.000000188. The molecule has 384 valence electrons. The Hall–Kier alpha value is -4.82. The summed E-state index contributed by atoms with van der Waals surface area (Å²) in [4.78, 5) is 14.2. The molecular weight excluding hydrogens is 889 g/mol. The molecule has 2 saturated heterocycles. The minimum Gasteiger partial charge on any atom is -0.511 e. The van der Waals surface area contributed by atoms with Crippen molar-refractivity contribution in [1.29, 1.82) is 0 Å². The van der Waals surface area contributed by atoms with E-state index < -0.39 is 0 Å². The molecule has 0 bridgehead atoms. The predicted octanol–water partition coefficient (Wildman–Crippen LogP) is 11.0. The Labute approximate surface area is 424 Å². The number of aryl methyl sites for hydroxylation is 4. The maximum absolute atomic E-state index is 10.6. The molecule has 12 heteroatoms. The molecular formula is C59H82N6O6. The van der Waals surface area contributed by atoms with Crippen LogP contribution < -0.4 is 10.6 Å². The minimum absolute atomic E-state index is 0. The van der Waals surface area contributed by atoms with Crippen LogP contribution in [-0.2, 0) is 44.6 Å². The molecule has 2 aliphatic carbocycles. The highest BCUT2D eigenvalue weighted by molar-refractivity contribution is 5.48. The number of aromatic nitrogens is 2. The van der Waals surface area contributed by atoms with E-state index in [1.165, 1.54) is 46.5 Å². The van der Waals surface area contributed by atoms with Gasteiger partial charge in [-0.25, -0.2) is 9.97 Å². The molecule has 71 heavy (non-hydrogen) atoms. The van der Waals surface area contributed by atoms with Crippen LogP contribution in [0.3, 0.4) is 0 Å². The lowest BCUT2D eigenvalue weighted by Crippen LogP contribution is -2.30. The van der Waals surface area contributed by atoms with Gasteiger partial charge < -0.3 is 39.8 Å². The molecule has 10 rings (SSSR count). The van der Waals surface area contributed by atoms with Crippen LogP contribution in [0.15, 0.2) is 97.5 Å². The molecule has 2 saturated carbocycles. The number of nitrogens with zero attached hydrogens (tertiary/aromatic N) is 4. The summed E-state index contributed by atoms with van der Waals surface area (Å²) in [5.74, 6) is 3.40. The topological polar surface area (TPSA) is 134 Å². The van der Waals surface area contributed by atoms with Crippen LogP contribution in [0.1, 0.15) is 140 Å². The molecule has 4 aliphatic heterocycles. The van der Waals surface area contributed by atoms with Crippen molar-refractivity contribution in [1.82, 2.24) is 19.8 Å². The van der Waals surface area contributed by atoms with E-state index in [1.807, 2.05) is 0 Å². The largest absolute Gasteiger partial charge is 0.511 e. The van der Waals surface area contributed by atoms with Crippen molar-refractivity contribution < 1.29 is 29.2 Å². The zero-order chi connectivity index (χ0) is 48.4. The van der Waals surface area contributed by atoms with Crippen molar-refractivity contribution >= 4 is 11.6 Å². The van der Waals surface area contributed by atoms with Crippen LogP contribution in [-0.4, -0.2) is 121 Å². The number of methoxy groups -OCH3 is 2. The van der Waals surface area contributed by atoms with Crippen molar-refractivity contribution in [2.75, 3.05) is 77.3 Å². The van der Waals surface area contributed by atoms with Gasteiger partial charge in [-0.15, -0.1) is 0 Å². The zero-order valence-corrected chi connectivity index (χ0v) is 41.8. The fraction of sp³-hybridized carbons (Fsp3) is 0.559. The van der Waals surface area contributed by atoms with Crippen LogP contribution in [0.2, 0.25) is 0 Å². The summed E-state index contributed by atoms with van der Waals surface area (Å²) in [6.07, 6.45) is 15.8. The molecule has 4 N–H and O–H groups in total. The van der Waals surface area contributed by atoms with Crippen LogP contribution >= 0.6 is 0 Å². The number of nitrogens with one attached hydrogen (secondary N) is 2. The number of rotatable bonds is 22. The van der Waals surface area contributed by atoms with Crippen LogP contribution in [0.25, 0.3) is 0 Å². The van der Waals surface area contributed by atoms with Crippen molar-refractivity contribution in [3.63, 3.8) is 0 Å². The fourth-order valence-electron chi connectivity index (χ4n) is 11.5. The molecule has 0 spiro atoms. The number of fused-ring (bicyclic) bond motifs is 2. The molecule has 6 aliphatic rings. The zero-order valence-electron chi connectivity index (χ0n) is 41.8. The summed E-state index contributed by atoms with van der Waals surface area (Å²) >= 11 is 0. The normalized spacial score (nSPS) is 24.2. The number of aliphatic hydroxyl groups is 2. The second-order valence-electron chi connectivity index (χ2n) is 20.4. The molecule has 6 heterocycles. The van der Waals surface area contributed by atoms with Crippen molar-refractivity contribution in [3.8, 4) is 0 Å². The number of anilines is 2. The highest BCUT2D eigenvalue weighted by Crippen LogP contribution is 2.48. The van der Waals surface area contributed by atoms with E-state index >= 15 is 0 Å². The average Bonchev–Trinajstić information content (AvgIpc) is 4.25. The van der Waals surface area contributed by atoms with E-state index in [2.05, 4.69) is 106 Å². The summed E-state index contributed by atoms with van der Waals surface area (Å²) in [6, 6.07) is 25.3. The Morgan fingerprint density at radius 1 is 0.634 bits per heavy atom. The predicted molar refractivity (Wildman–Crippen MR) is 285 cm³/mol. The first kappa shape index (κ1) is 52.5. The average molecular weight is 971 g/mol. The van der Waals surface area contributed by atoms with Gasteiger partial charge in [-0.2, -0.15) is 0 Å². The van der Waals surface area contributed by atoms with Gasteiger partial charge in [0, 0.05) is 89.9 Å². The smallest absolute Gasteiger partial charge is 0.129 e. The fourth-order valence-corrected chi connectivity index (χ4v) is 11.5. The molecule has 4 aromatic rings. The van der Waals surface area contributed by atoms with Gasteiger partial charge >= 0.3 is 0 Å². The Kier molecular flexibility index (Phi) is 18.6. The first-order valence-electron chi connectivity index (χ1n) is 26.4. The first-order chi connectivity index (χ1) is 34.3. The van der Waals surface area contributed by atoms with Gasteiger partial charge in [0.2, 0.25) is 0 Å². The van der Waals surface area contributed by atoms with E-state index in [9.17, 15) is 10.2 Å². The van der Waals surface area contributed by atoms with Gasteiger partial charge in [0.25, 0.3) is 0 Å². The summed E-state index contributed by atoms with van der Waals surface area (Å²) in [5, 5.41) is 28.0. The third-order valence-corrected chi connectivity index (χ3v) is 15.4. The van der Waals surface area contributed by atoms with Crippen molar-refractivity contribution in [2.45, 2.75) is 146 Å². The van der Waals surface area contributed by atoms with Gasteiger partial charge in [-0.05, 0) is 135 Å². The lowest BCUT2D eigenvalue weighted by atomic mass is 9.95. The van der Waals surface area contributed by atoms with Crippen molar-refractivity contribution in [2.24, 2.45) is 0 Å². The van der Waals surface area contributed by atoms with Gasteiger partial charge in [-0.1, -0.05) is 81.2 Å². The highest BCUT2D eigenvalue weighted by atomic mass is 16.5. The number of benzene rings is 2. The number of unbranched alkanes of at least 4 members (excludes halogenated alkanes) is 2. The maximum Gasteiger partial charge on any atom is 0.129 e. The Bertz CT molecular complexity index is 2220. The Morgan fingerprint density at radius 3 is 1.48 bits per heavy atom. The summed E-state index contributed by atoms with van der Waals surface area (Å²) in [5.41, 5.74) is 9.87. The highest BCUT2D eigenvalue weighted by Gasteiger charge is 2.43. The van der Waals surface area contributed by atoms with Crippen LogP contribution in [0.5, 0.6) is 0 Å². The standard InChI is InChI=1S/2C29H39N3O3.CH4/c2*1-20(33)28(25-11-4-3-10-24(25)26-18-27(26)34-2)32-16-14-23(19-32)35-17-6-5-9-22-13-12-21-8-7-15-30-29(21)31-22;/h2*3-4,10-13,23,26-28,33H,1,5-9,14-19H2,2H3,(H,30,31);1H4/t23-,26?,27+,28+;23-,26?,27+,28-;/m11./s1. The molecule has 0 radical (unpaired) electrons. The third kappa shape index (κ3) is 13.4. The number of pyridine rings is 2. The van der Waals surface area contributed by atoms with E-state index in [1.54, 1.807) is 14.2 Å². The summed E-state index contributed by atoms with van der Waals surface area (Å²) in [7, 11) is 3.55.